The van der Waals surface area contributed by atoms with E-state index in [1.807, 2.05) is 27.3 Å². The van der Waals surface area contributed by atoms with Crippen LogP contribution in [0.1, 0.15) is 11.3 Å². The van der Waals surface area contributed by atoms with E-state index >= 15 is 0 Å². The topological polar surface area (TPSA) is 41.3 Å². The van der Waals surface area contributed by atoms with Crippen molar-refractivity contribution in [1.82, 2.24) is 14.7 Å². The zero-order chi connectivity index (χ0) is 9.14. The SMILES string of the molecule is CN(C)Cc1cn(C)nc1CO. The standard InChI is InChI=1S/C8H15N3O/c1-10(2)4-7-5-11(3)9-8(7)6-12/h5,12H,4,6H2,1-3H3. The molecule has 1 rings (SSSR count). The van der Waals surface area contributed by atoms with E-state index in [1.165, 1.54) is 0 Å². The second kappa shape index (κ2) is 3.69. The van der Waals surface area contributed by atoms with E-state index in [4.69, 9.17) is 5.11 Å². The fourth-order valence-electron chi connectivity index (χ4n) is 1.19. The molecule has 0 unspecified atom stereocenters. The lowest BCUT2D eigenvalue weighted by molar-refractivity contribution is 0.272. The molecule has 0 saturated carbocycles. The minimum atomic E-state index is 0.0179. The van der Waals surface area contributed by atoms with Gasteiger partial charge in [-0.15, -0.1) is 0 Å². The van der Waals surface area contributed by atoms with Crippen LogP contribution in [0.5, 0.6) is 0 Å². The van der Waals surface area contributed by atoms with Gasteiger partial charge < -0.3 is 10.0 Å². The highest BCUT2D eigenvalue weighted by atomic mass is 16.3. The van der Waals surface area contributed by atoms with Crippen molar-refractivity contribution in [2.24, 2.45) is 7.05 Å². The molecule has 12 heavy (non-hydrogen) atoms. The van der Waals surface area contributed by atoms with Crippen molar-refractivity contribution in [2.75, 3.05) is 14.1 Å². The van der Waals surface area contributed by atoms with Gasteiger partial charge in [0, 0.05) is 25.4 Å². The van der Waals surface area contributed by atoms with Crippen LogP contribution in [0.15, 0.2) is 6.20 Å². The molecule has 1 N–H and O–H groups in total. The predicted molar refractivity (Wildman–Crippen MR) is 46.5 cm³/mol. The maximum absolute atomic E-state index is 8.95. The highest BCUT2D eigenvalue weighted by molar-refractivity contribution is 5.15. The number of nitrogens with zero attached hydrogens (tertiary/aromatic N) is 3. The van der Waals surface area contributed by atoms with Crippen LogP contribution in [-0.4, -0.2) is 33.9 Å². The number of rotatable bonds is 3. The number of aliphatic hydroxyl groups excluding tert-OH is 1. The highest BCUT2D eigenvalue weighted by Crippen LogP contribution is 2.07. The van der Waals surface area contributed by atoms with Crippen molar-refractivity contribution in [2.45, 2.75) is 13.2 Å². The molecule has 0 radical (unpaired) electrons. The van der Waals surface area contributed by atoms with E-state index in [0.29, 0.717) is 0 Å². The first-order valence-electron chi connectivity index (χ1n) is 3.90. The van der Waals surface area contributed by atoms with Crippen LogP contribution >= 0.6 is 0 Å². The van der Waals surface area contributed by atoms with E-state index in [0.717, 1.165) is 17.8 Å². The Bertz CT molecular complexity index is 255. The highest BCUT2D eigenvalue weighted by Gasteiger charge is 2.06. The minimum Gasteiger partial charge on any atom is -0.390 e. The van der Waals surface area contributed by atoms with Gasteiger partial charge in [0.05, 0.1) is 12.3 Å². The van der Waals surface area contributed by atoms with E-state index < -0.39 is 0 Å². The average Bonchev–Trinajstić information content (AvgIpc) is 2.29. The third-order valence-corrected chi connectivity index (χ3v) is 1.63. The van der Waals surface area contributed by atoms with Crippen molar-refractivity contribution in [3.05, 3.63) is 17.5 Å². The van der Waals surface area contributed by atoms with Crippen LogP contribution in [0.3, 0.4) is 0 Å². The molecule has 0 aliphatic heterocycles. The number of aryl methyl sites for hydroxylation is 1. The molecule has 1 aromatic heterocycles. The Hall–Kier alpha value is -0.870. The zero-order valence-corrected chi connectivity index (χ0v) is 7.78. The molecular weight excluding hydrogens is 154 g/mol. The molecule has 0 aromatic carbocycles. The molecular formula is C8H15N3O. The van der Waals surface area contributed by atoms with Gasteiger partial charge in [0.2, 0.25) is 0 Å². The van der Waals surface area contributed by atoms with Crippen molar-refractivity contribution in [1.29, 1.82) is 0 Å². The van der Waals surface area contributed by atoms with Gasteiger partial charge >= 0.3 is 0 Å². The summed E-state index contributed by atoms with van der Waals surface area (Å²) in [5.41, 5.74) is 1.86. The summed E-state index contributed by atoms with van der Waals surface area (Å²) in [5.74, 6) is 0. The van der Waals surface area contributed by atoms with Crippen LogP contribution in [0, 0.1) is 0 Å². The minimum absolute atomic E-state index is 0.0179. The fraction of sp³-hybridized carbons (Fsp3) is 0.625. The molecule has 68 valence electrons. The first-order chi connectivity index (χ1) is 5.63. The van der Waals surface area contributed by atoms with E-state index in [1.54, 1.807) is 4.68 Å². The molecule has 4 heteroatoms. The average molecular weight is 169 g/mol. The first-order valence-corrected chi connectivity index (χ1v) is 3.90. The lowest BCUT2D eigenvalue weighted by Gasteiger charge is -2.07. The Morgan fingerprint density at radius 2 is 2.25 bits per heavy atom. The van der Waals surface area contributed by atoms with Gasteiger partial charge in [-0.2, -0.15) is 5.10 Å². The molecule has 4 nitrogen and oxygen atoms in total. The maximum atomic E-state index is 8.95. The van der Waals surface area contributed by atoms with Crippen LogP contribution in [0.25, 0.3) is 0 Å². The van der Waals surface area contributed by atoms with Crippen molar-refractivity contribution < 1.29 is 5.11 Å². The van der Waals surface area contributed by atoms with Gasteiger partial charge in [-0.3, -0.25) is 4.68 Å². The predicted octanol–water partition coefficient (Wildman–Crippen LogP) is -0.0260. The summed E-state index contributed by atoms with van der Waals surface area (Å²) >= 11 is 0. The normalized spacial score (nSPS) is 11.1. The van der Waals surface area contributed by atoms with Gasteiger partial charge in [0.1, 0.15) is 0 Å². The molecule has 1 heterocycles. The molecule has 0 fully saturated rings. The largest absolute Gasteiger partial charge is 0.390 e. The third-order valence-electron chi connectivity index (χ3n) is 1.63. The summed E-state index contributed by atoms with van der Waals surface area (Å²) in [6, 6.07) is 0. The van der Waals surface area contributed by atoms with Crippen molar-refractivity contribution in [3.8, 4) is 0 Å². The molecule has 1 aromatic rings. The number of hydrogen-bond donors (Lipinski definition) is 1. The molecule has 0 aliphatic carbocycles. The monoisotopic (exact) mass is 169 g/mol. The Morgan fingerprint density at radius 1 is 1.58 bits per heavy atom. The molecule has 0 atom stereocenters. The Balaban J connectivity index is 2.81. The third kappa shape index (κ3) is 2.06. The Kier molecular flexibility index (Phi) is 2.83. The zero-order valence-electron chi connectivity index (χ0n) is 7.78. The smallest absolute Gasteiger partial charge is 0.0923 e. The Labute approximate surface area is 72.4 Å². The van der Waals surface area contributed by atoms with Crippen LogP contribution in [0.4, 0.5) is 0 Å². The van der Waals surface area contributed by atoms with Crippen LogP contribution < -0.4 is 0 Å². The van der Waals surface area contributed by atoms with E-state index in [2.05, 4.69) is 10.00 Å². The fourth-order valence-corrected chi connectivity index (χ4v) is 1.19. The van der Waals surface area contributed by atoms with E-state index in [9.17, 15) is 0 Å². The summed E-state index contributed by atoms with van der Waals surface area (Å²) in [6.45, 7) is 0.841. The number of hydrogen-bond acceptors (Lipinski definition) is 3. The first kappa shape index (κ1) is 9.22. The lowest BCUT2D eigenvalue weighted by atomic mass is 10.2. The van der Waals surface area contributed by atoms with Gasteiger partial charge in [0.15, 0.2) is 0 Å². The summed E-state index contributed by atoms with van der Waals surface area (Å²) in [5, 5.41) is 13.1. The lowest BCUT2D eigenvalue weighted by Crippen LogP contribution is -2.11. The molecule has 0 spiro atoms. The summed E-state index contributed by atoms with van der Waals surface area (Å²) in [6.07, 6.45) is 1.94. The Morgan fingerprint density at radius 3 is 2.75 bits per heavy atom. The van der Waals surface area contributed by atoms with Gasteiger partial charge in [-0.1, -0.05) is 0 Å². The van der Waals surface area contributed by atoms with Gasteiger partial charge in [-0.25, -0.2) is 0 Å². The molecule has 0 aliphatic rings. The molecule has 0 bridgehead atoms. The maximum Gasteiger partial charge on any atom is 0.0923 e. The second-order valence-electron chi connectivity index (χ2n) is 3.17. The van der Waals surface area contributed by atoms with Crippen molar-refractivity contribution in [3.63, 3.8) is 0 Å². The van der Waals surface area contributed by atoms with Crippen LogP contribution in [-0.2, 0) is 20.2 Å². The number of aliphatic hydroxyl groups is 1. The quantitative estimate of drug-likeness (QED) is 0.691. The van der Waals surface area contributed by atoms with Gasteiger partial charge in [-0.05, 0) is 14.1 Å². The summed E-state index contributed by atoms with van der Waals surface area (Å²) < 4.78 is 1.73. The van der Waals surface area contributed by atoms with E-state index in [-0.39, 0.29) is 6.61 Å². The second-order valence-corrected chi connectivity index (χ2v) is 3.17. The summed E-state index contributed by atoms with van der Waals surface area (Å²) in [7, 11) is 5.85. The van der Waals surface area contributed by atoms with Crippen LogP contribution in [0.2, 0.25) is 0 Å². The molecule has 0 saturated heterocycles. The summed E-state index contributed by atoms with van der Waals surface area (Å²) in [4.78, 5) is 2.05. The van der Waals surface area contributed by atoms with Gasteiger partial charge in [0.25, 0.3) is 0 Å². The number of aromatic nitrogens is 2. The molecule has 0 amide bonds. The van der Waals surface area contributed by atoms with Crippen molar-refractivity contribution >= 4 is 0 Å².